The molecule has 0 bridgehead atoms. The molecule has 2 heteroatoms. The third-order valence-corrected chi connectivity index (χ3v) is 4.85. The van der Waals surface area contributed by atoms with Crippen molar-refractivity contribution in [2.75, 3.05) is 0 Å². The van der Waals surface area contributed by atoms with Crippen LogP contribution in [0.3, 0.4) is 0 Å². The second-order valence-electron chi connectivity index (χ2n) is 6.51. The average molecular weight is 269 g/mol. The molecule has 2 aromatic rings. The Bertz CT molecular complexity index is 602. The summed E-state index contributed by atoms with van der Waals surface area (Å²) in [4.78, 5) is 4.41. The minimum atomic E-state index is -0.685. The minimum Gasteiger partial charge on any atom is -0.385 e. The molecule has 1 aromatic heterocycles. The van der Waals surface area contributed by atoms with Crippen LogP contribution >= 0.6 is 0 Å². The molecule has 2 nitrogen and oxygen atoms in total. The molecule has 0 saturated heterocycles. The van der Waals surface area contributed by atoms with Crippen molar-refractivity contribution in [3.05, 3.63) is 42.1 Å². The number of rotatable bonds is 2. The maximum atomic E-state index is 11.2. The van der Waals surface area contributed by atoms with E-state index in [2.05, 4.69) is 31.0 Å². The minimum absolute atomic E-state index is 0.612. The van der Waals surface area contributed by atoms with E-state index < -0.39 is 5.60 Å². The third-order valence-electron chi connectivity index (χ3n) is 4.85. The number of benzene rings is 1. The Morgan fingerprint density at radius 1 is 1.25 bits per heavy atom. The monoisotopic (exact) mass is 269 g/mol. The SMILES string of the molecule is CC(C)C1CCCC(O)(c2cccc3ncccc23)C1. The highest BCUT2D eigenvalue weighted by Gasteiger charge is 2.37. The van der Waals surface area contributed by atoms with E-state index >= 15 is 0 Å². The van der Waals surface area contributed by atoms with Crippen molar-refractivity contribution in [2.24, 2.45) is 11.8 Å². The van der Waals surface area contributed by atoms with Gasteiger partial charge in [0.15, 0.2) is 0 Å². The van der Waals surface area contributed by atoms with Crippen LogP contribution in [0.2, 0.25) is 0 Å². The van der Waals surface area contributed by atoms with Gasteiger partial charge in [-0.05, 0) is 55.2 Å². The topological polar surface area (TPSA) is 33.1 Å². The fourth-order valence-electron chi connectivity index (χ4n) is 3.62. The van der Waals surface area contributed by atoms with Gasteiger partial charge < -0.3 is 5.11 Å². The third kappa shape index (κ3) is 2.33. The van der Waals surface area contributed by atoms with Gasteiger partial charge in [0.2, 0.25) is 0 Å². The maximum Gasteiger partial charge on any atom is 0.0905 e. The molecule has 3 rings (SSSR count). The van der Waals surface area contributed by atoms with Gasteiger partial charge in [0.05, 0.1) is 11.1 Å². The quantitative estimate of drug-likeness (QED) is 0.883. The molecule has 1 N–H and O–H groups in total. The van der Waals surface area contributed by atoms with E-state index in [-0.39, 0.29) is 0 Å². The first-order valence-corrected chi connectivity index (χ1v) is 7.67. The molecule has 1 fully saturated rings. The molecular formula is C18H23NO. The van der Waals surface area contributed by atoms with Gasteiger partial charge in [-0.15, -0.1) is 0 Å². The van der Waals surface area contributed by atoms with Crippen molar-refractivity contribution in [1.29, 1.82) is 0 Å². The molecule has 0 aliphatic heterocycles. The molecule has 1 aliphatic rings. The number of pyridine rings is 1. The number of nitrogens with zero attached hydrogens (tertiary/aromatic N) is 1. The summed E-state index contributed by atoms with van der Waals surface area (Å²) in [6.07, 6.45) is 5.90. The van der Waals surface area contributed by atoms with E-state index in [4.69, 9.17) is 0 Å². The lowest BCUT2D eigenvalue weighted by atomic mass is 9.70. The van der Waals surface area contributed by atoms with Gasteiger partial charge in [0.25, 0.3) is 0 Å². The molecule has 1 aliphatic carbocycles. The van der Waals surface area contributed by atoms with E-state index in [0.29, 0.717) is 11.8 Å². The van der Waals surface area contributed by atoms with Crippen LogP contribution in [0, 0.1) is 11.8 Å². The zero-order valence-electron chi connectivity index (χ0n) is 12.3. The van der Waals surface area contributed by atoms with Crippen LogP contribution in [-0.4, -0.2) is 10.1 Å². The summed E-state index contributed by atoms with van der Waals surface area (Å²) in [6, 6.07) is 10.1. The zero-order valence-corrected chi connectivity index (χ0v) is 12.3. The van der Waals surface area contributed by atoms with Gasteiger partial charge in [-0.1, -0.05) is 32.0 Å². The summed E-state index contributed by atoms with van der Waals surface area (Å²) >= 11 is 0. The fraction of sp³-hybridized carbons (Fsp3) is 0.500. The Balaban J connectivity index is 2.05. The van der Waals surface area contributed by atoms with Gasteiger partial charge in [-0.2, -0.15) is 0 Å². The molecule has 1 aromatic carbocycles. The number of aliphatic hydroxyl groups is 1. The van der Waals surface area contributed by atoms with E-state index in [1.165, 1.54) is 6.42 Å². The van der Waals surface area contributed by atoms with Crippen molar-refractivity contribution < 1.29 is 5.11 Å². The van der Waals surface area contributed by atoms with Gasteiger partial charge >= 0.3 is 0 Å². The maximum absolute atomic E-state index is 11.2. The van der Waals surface area contributed by atoms with Crippen molar-refractivity contribution in [1.82, 2.24) is 4.98 Å². The Hall–Kier alpha value is -1.41. The summed E-state index contributed by atoms with van der Waals surface area (Å²) in [5, 5.41) is 12.3. The van der Waals surface area contributed by atoms with Gasteiger partial charge in [-0.3, -0.25) is 4.98 Å². The van der Waals surface area contributed by atoms with Crippen molar-refractivity contribution in [3.8, 4) is 0 Å². The Labute approximate surface area is 120 Å². The zero-order chi connectivity index (χ0) is 14.2. The lowest BCUT2D eigenvalue weighted by Gasteiger charge is -2.39. The molecule has 20 heavy (non-hydrogen) atoms. The highest BCUT2D eigenvalue weighted by Crippen LogP contribution is 2.44. The van der Waals surface area contributed by atoms with Crippen molar-refractivity contribution in [3.63, 3.8) is 0 Å². The van der Waals surface area contributed by atoms with Crippen LogP contribution in [0.4, 0.5) is 0 Å². The Morgan fingerprint density at radius 3 is 2.90 bits per heavy atom. The molecule has 0 radical (unpaired) electrons. The van der Waals surface area contributed by atoms with E-state index in [1.807, 2.05) is 24.4 Å². The molecule has 1 heterocycles. The summed E-state index contributed by atoms with van der Waals surface area (Å²) in [6.45, 7) is 4.53. The van der Waals surface area contributed by atoms with Crippen LogP contribution in [0.15, 0.2) is 36.5 Å². The molecule has 1 saturated carbocycles. The van der Waals surface area contributed by atoms with Gasteiger partial charge in [-0.25, -0.2) is 0 Å². The van der Waals surface area contributed by atoms with Crippen LogP contribution in [-0.2, 0) is 5.60 Å². The van der Waals surface area contributed by atoms with Crippen molar-refractivity contribution in [2.45, 2.75) is 45.1 Å². The Morgan fingerprint density at radius 2 is 2.10 bits per heavy atom. The molecule has 2 unspecified atom stereocenters. The van der Waals surface area contributed by atoms with Crippen LogP contribution in [0.5, 0.6) is 0 Å². The van der Waals surface area contributed by atoms with Crippen LogP contribution in [0.25, 0.3) is 10.9 Å². The number of hydrogen-bond acceptors (Lipinski definition) is 2. The van der Waals surface area contributed by atoms with Crippen LogP contribution in [0.1, 0.15) is 45.1 Å². The summed E-state index contributed by atoms with van der Waals surface area (Å²) in [5.74, 6) is 1.25. The standard InChI is InChI=1S/C18H23NO/c1-13(2)14-6-4-10-18(20,12-14)16-8-3-9-17-15(16)7-5-11-19-17/h3,5,7-9,11,13-14,20H,4,6,10,12H2,1-2H3. The molecular weight excluding hydrogens is 246 g/mol. The number of aromatic nitrogens is 1. The number of hydrogen-bond donors (Lipinski definition) is 1. The first kappa shape index (κ1) is 13.6. The van der Waals surface area contributed by atoms with Crippen molar-refractivity contribution >= 4 is 10.9 Å². The summed E-state index contributed by atoms with van der Waals surface area (Å²) in [7, 11) is 0. The highest BCUT2D eigenvalue weighted by atomic mass is 16.3. The molecule has 2 atom stereocenters. The normalized spacial score (nSPS) is 27.1. The summed E-state index contributed by atoms with van der Waals surface area (Å²) in [5.41, 5.74) is 1.36. The molecule has 0 spiro atoms. The largest absolute Gasteiger partial charge is 0.385 e. The predicted octanol–water partition coefficient (Wildman–Crippen LogP) is 4.27. The molecule has 106 valence electrons. The smallest absolute Gasteiger partial charge is 0.0905 e. The summed E-state index contributed by atoms with van der Waals surface area (Å²) < 4.78 is 0. The molecule has 0 amide bonds. The second kappa shape index (κ2) is 5.17. The van der Waals surface area contributed by atoms with E-state index in [0.717, 1.165) is 35.7 Å². The predicted molar refractivity (Wildman–Crippen MR) is 82.4 cm³/mol. The van der Waals surface area contributed by atoms with E-state index in [9.17, 15) is 5.11 Å². The van der Waals surface area contributed by atoms with Gasteiger partial charge in [0, 0.05) is 11.6 Å². The fourth-order valence-corrected chi connectivity index (χ4v) is 3.62. The lowest BCUT2D eigenvalue weighted by Crippen LogP contribution is -2.34. The van der Waals surface area contributed by atoms with Crippen LogP contribution < -0.4 is 0 Å². The number of fused-ring (bicyclic) bond motifs is 1. The van der Waals surface area contributed by atoms with Gasteiger partial charge in [0.1, 0.15) is 0 Å². The second-order valence-corrected chi connectivity index (χ2v) is 6.51. The highest BCUT2D eigenvalue weighted by molar-refractivity contribution is 5.82. The first-order valence-electron chi connectivity index (χ1n) is 7.67. The average Bonchev–Trinajstić information content (AvgIpc) is 2.46. The van der Waals surface area contributed by atoms with E-state index in [1.54, 1.807) is 0 Å². The lowest BCUT2D eigenvalue weighted by molar-refractivity contribution is -0.0283. The first-order chi connectivity index (χ1) is 9.60. The Kier molecular flexibility index (Phi) is 3.51.